The van der Waals surface area contributed by atoms with Gasteiger partial charge in [0, 0.05) is 12.7 Å². The molecule has 156 valence electrons. The maximum Gasteiger partial charge on any atom is 0.328 e. The molecule has 0 spiro atoms. The van der Waals surface area contributed by atoms with Crippen LogP contribution in [0.1, 0.15) is 50.8 Å². The number of hydrogen-bond acceptors (Lipinski definition) is 7. The molecule has 3 heterocycles. The Balaban J connectivity index is 1.76. The average molecular weight is 399 g/mol. The predicted molar refractivity (Wildman–Crippen MR) is 113 cm³/mol. The van der Waals surface area contributed by atoms with Crippen LogP contribution >= 0.6 is 0 Å². The van der Waals surface area contributed by atoms with Crippen LogP contribution in [-0.4, -0.2) is 37.7 Å². The molecular formula is C20H29N7O2. The first-order valence-corrected chi connectivity index (χ1v) is 10.2. The molecule has 4 N–H and O–H groups in total. The van der Waals surface area contributed by atoms with Crippen LogP contribution in [0.25, 0.3) is 11.2 Å². The lowest BCUT2D eigenvalue weighted by Gasteiger charge is -2.07. The molecule has 0 aliphatic heterocycles. The number of nitrogens with two attached hydrogens (primary N) is 1. The van der Waals surface area contributed by atoms with Gasteiger partial charge in [-0.2, -0.15) is 9.97 Å². The van der Waals surface area contributed by atoms with Crippen LogP contribution in [0.2, 0.25) is 0 Å². The topological polar surface area (TPSA) is 124 Å². The van der Waals surface area contributed by atoms with Gasteiger partial charge in [0.25, 0.3) is 0 Å². The monoisotopic (exact) mass is 399 g/mol. The molecule has 0 fully saturated rings. The Labute approximate surface area is 169 Å². The van der Waals surface area contributed by atoms with Gasteiger partial charge in [0.2, 0.25) is 0 Å². The van der Waals surface area contributed by atoms with E-state index in [2.05, 4.69) is 39.1 Å². The Bertz CT molecular complexity index is 979. The molecule has 0 aromatic carbocycles. The summed E-state index contributed by atoms with van der Waals surface area (Å²) in [5, 5.41) is 3.39. The number of rotatable bonds is 11. The van der Waals surface area contributed by atoms with Gasteiger partial charge in [0.1, 0.15) is 5.52 Å². The fraction of sp³-hybridized carbons (Fsp3) is 0.500. The number of nitrogens with zero attached hydrogens (tertiary/aromatic N) is 4. The number of nitrogen functional groups attached to an aromatic ring is 1. The highest BCUT2D eigenvalue weighted by molar-refractivity contribution is 5.81. The van der Waals surface area contributed by atoms with Crippen molar-refractivity contribution in [2.75, 3.05) is 18.9 Å². The van der Waals surface area contributed by atoms with Crippen molar-refractivity contribution in [1.29, 1.82) is 0 Å². The molecule has 0 amide bonds. The molecule has 0 bridgehead atoms. The van der Waals surface area contributed by atoms with Gasteiger partial charge in [0.15, 0.2) is 11.5 Å². The van der Waals surface area contributed by atoms with Crippen LogP contribution in [0.15, 0.2) is 23.1 Å². The smallest absolute Gasteiger partial charge is 0.328 e. The summed E-state index contributed by atoms with van der Waals surface area (Å²) in [6, 6.07) is 4.12. The van der Waals surface area contributed by atoms with Crippen LogP contribution in [-0.2, 0) is 13.1 Å². The van der Waals surface area contributed by atoms with E-state index in [4.69, 9.17) is 10.5 Å². The summed E-state index contributed by atoms with van der Waals surface area (Å²) in [6.07, 6.45) is 6.05. The third-order valence-corrected chi connectivity index (χ3v) is 4.60. The van der Waals surface area contributed by atoms with Crippen molar-refractivity contribution in [2.24, 2.45) is 0 Å². The summed E-state index contributed by atoms with van der Waals surface area (Å²) >= 11 is 0. The molecule has 0 aliphatic carbocycles. The molecule has 9 heteroatoms. The van der Waals surface area contributed by atoms with Crippen molar-refractivity contribution >= 4 is 17.0 Å². The van der Waals surface area contributed by atoms with Gasteiger partial charge >= 0.3 is 11.7 Å². The number of aromatic amines is 1. The fourth-order valence-corrected chi connectivity index (χ4v) is 2.90. The number of nitrogens with one attached hydrogen (secondary N) is 2. The summed E-state index contributed by atoms with van der Waals surface area (Å²) in [7, 11) is 0. The van der Waals surface area contributed by atoms with Gasteiger partial charge in [-0.1, -0.05) is 32.8 Å². The summed E-state index contributed by atoms with van der Waals surface area (Å²) < 4.78 is 7.07. The minimum Gasteiger partial charge on any atom is -0.463 e. The Morgan fingerprint density at radius 2 is 2.03 bits per heavy atom. The molecule has 3 rings (SSSR count). The molecule has 3 aromatic heterocycles. The van der Waals surface area contributed by atoms with E-state index in [-0.39, 0.29) is 24.1 Å². The van der Waals surface area contributed by atoms with Gasteiger partial charge in [-0.05, 0) is 31.0 Å². The first-order chi connectivity index (χ1) is 14.1. The van der Waals surface area contributed by atoms with Gasteiger partial charge in [-0.3, -0.25) is 9.55 Å². The van der Waals surface area contributed by atoms with E-state index >= 15 is 0 Å². The Hall–Kier alpha value is -2.94. The van der Waals surface area contributed by atoms with E-state index in [1.807, 2.05) is 18.3 Å². The second-order valence-corrected chi connectivity index (χ2v) is 7.00. The standard InChI is InChI=1S/C20H29N7O2/c1-3-5-9-22-11-14-7-8-15(23-12-14)13-27-18-16(24-20(27)28)17(21)25-19(26-18)29-10-6-4-2/h7-8,12,22H,3-6,9-11,13H2,1-2H3,(H,24,28)(H2,21,25,26). The lowest BCUT2D eigenvalue weighted by atomic mass is 10.2. The largest absolute Gasteiger partial charge is 0.463 e. The van der Waals surface area contributed by atoms with Crippen LogP contribution in [0.5, 0.6) is 6.01 Å². The third kappa shape index (κ3) is 5.32. The van der Waals surface area contributed by atoms with Crippen molar-refractivity contribution in [3.05, 3.63) is 40.1 Å². The van der Waals surface area contributed by atoms with Crippen molar-refractivity contribution in [3.63, 3.8) is 0 Å². The molecule has 0 aliphatic rings. The minimum absolute atomic E-state index is 0.178. The Kier molecular flexibility index (Phi) is 7.18. The number of ether oxygens (including phenoxy) is 1. The first kappa shape index (κ1) is 20.8. The predicted octanol–water partition coefficient (Wildman–Crippen LogP) is 2.21. The lowest BCUT2D eigenvalue weighted by Crippen LogP contribution is -2.19. The second kappa shape index (κ2) is 10.0. The molecule has 29 heavy (non-hydrogen) atoms. The van der Waals surface area contributed by atoms with Crippen molar-refractivity contribution < 1.29 is 4.74 Å². The first-order valence-electron chi connectivity index (χ1n) is 10.2. The van der Waals surface area contributed by atoms with Crippen LogP contribution in [0.3, 0.4) is 0 Å². The van der Waals surface area contributed by atoms with E-state index in [1.54, 1.807) is 0 Å². The molecule has 0 atom stereocenters. The Morgan fingerprint density at radius 1 is 1.21 bits per heavy atom. The van der Waals surface area contributed by atoms with E-state index in [1.165, 1.54) is 11.0 Å². The quantitative estimate of drug-likeness (QED) is 0.422. The Morgan fingerprint density at radius 3 is 2.76 bits per heavy atom. The van der Waals surface area contributed by atoms with Crippen LogP contribution < -0.4 is 21.5 Å². The molecule has 3 aromatic rings. The maximum absolute atomic E-state index is 12.4. The zero-order chi connectivity index (χ0) is 20.6. The van der Waals surface area contributed by atoms with Gasteiger partial charge in [0.05, 0.1) is 18.8 Å². The number of H-pyrrole nitrogens is 1. The summed E-state index contributed by atoms with van der Waals surface area (Å²) in [6.45, 7) is 6.81. The molecule has 9 nitrogen and oxygen atoms in total. The minimum atomic E-state index is -0.307. The van der Waals surface area contributed by atoms with Gasteiger partial charge < -0.3 is 20.8 Å². The molecule has 0 unspecified atom stereocenters. The number of fused-ring (bicyclic) bond motifs is 1. The number of aromatic nitrogens is 5. The van der Waals surface area contributed by atoms with Crippen molar-refractivity contribution in [3.8, 4) is 6.01 Å². The molecular weight excluding hydrogens is 370 g/mol. The highest BCUT2D eigenvalue weighted by Gasteiger charge is 2.15. The van der Waals surface area contributed by atoms with Crippen LogP contribution in [0, 0.1) is 0 Å². The highest BCUT2D eigenvalue weighted by Crippen LogP contribution is 2.18. The molecule has 0 radical (unpaired) electrons. The van der Waals surface area contributed by atoms with E-state index in [0.717, 1.165) is 43.6 Å². The number of anilines is 1. The zero-order valence-electron chi connectivity index (χ0n) is 17.1. The number of imidazole rings is 1. The summed E-state index contributed by atoms with van der Waals surface area (Å²) in [5.41, 5.74) is 8.38. The third-order valence-electron chi connectivity index (χ3n) is 4.60. The number of hydrogen-bond donors (Lipinski definition) is 3. The lowest BCUT2D eigenvalue weighted by molar-refractivity contribution is 0.286. The number of unbranched alkanes of at least 4 members (excludes halogenated alkanes) is 2. The molecule has 0 saturated carbocycles. The maximum atomic E-state index is 12.4. The summed E-state index contributed by atoms with van der Waals surface area (Å²) in [4.78, 5) is 28.2. The van der Waals surface area contributed by atoms with E-state index in [0.29, 0.717) is 17.8 Å². The van der Waals surface area contributed by atoms with Gasteiger partial charge in [-0.25, -0.2) is 4.79 Å². The summed E-state index contributed by atoms with van der Waals surface area (Å²) in [5.74, 6) is 0.193. The van der Waals surface area contributed by atoms with Crippen LogP contribution in [0.4, 0.5) is 5.82 Å². The molecule has 0 saturated heterocycles. The fourth-order valence-electron chi connectivity index (χ4n) is 2.90. The normalized spacial score (nSPS) is 11.2. The average Bonchev–Trinajstić information content (AvgIpc) is 3.03. The highest BCUT2D eigenvalue weighted by atomic mass is 16.5. The van der Waals surface area contributed by atoms with E-state index < -0.39 is 0 Å². The van der Waals surface area contributed by atoms with Crippen molar-refractivity contribution in [2.45, 2.75) is 52.6 Å². The SMILES string of the molecule is CCCCNCc1ccc(Cn2c(=O)[nH]c3c(N)nc(OCCCC)nc32)nc1. The van der Waals surface area contributed by atoms with Gasteiger partial charge in [-0.15, -0.1) is 0 Å². The zero-order valence-corrected chi connectivity index (χ0v) is 17.1. The number of pyridine rings is 1. The second-order valence-electron chi connectivity index (χ2n) is 7.00. The van der Waals surface area contributed by atoms with Crippen molar-refractivity contribution in [1.82, 2.24) is 29.8 Å². The van der Waals surface area contributed by atoms with E-state index in [9.17, 15) is 4.79 Å².